The van der Waals surface area contributed by atoms with Crippen LogP contribution in [-0.4, -0.2) is 61.7 Å². The number of sulfone groups is 1. The average Bonchev–Trinajstić information content (AvgIpc) is 3.51. The van der Waals surface area contributed by atoms with E-state index in [2.05, 4.69) is 10.3 Å². The molecule has 1 heterocycles. The minimum absolute atomic E-state index is 0.000801. The van der Waals surface area contributed by atoms with E-state index in [-0.39, 0.29) is 27.9 Å². The number of ether oxygens (including phenoxy) is 1. The molecule has 3 aromatic carbocycles. The number of imidazole rings is 1. The van der Waals surface area contributed by atoms with Crippen LogP contribution in [-0.2, 0) is 28.6 Å². The van der Waals surface area contributed by atoms with E-state index in [4.69, 9.17) is 4.74 Å². The van der Waals surface area contributed by atoms with Gasteiger partial charge in [0, 0.05) is 48.6 Å². The zero-order valence-electron chi connectivity index (χ0n) is 24.4. The summed E-state index contributed by atoms with van der Waals surface area (Å²) in [6, 6.07) is 19.3. The Labute approximate surface area is 252 Å². The third-order valence-corrected chi connectivity index (χ3v) is 9.17. The highest BCUT2D eigenvalue weighted by Gasteiger charge is 2.28. The highest BCUT2D eigenvalue weighted by molar-refractivity contribution is 7.90. The van der Waals surface area contributed by atoms with Gasteiger partial charge in [0.1, 0.15) is 11.9 Å². The number of nitrogens with zero attached hydrogens (tertiary/aromatic N) is 3. The van der Waals surface area contributed by atoms with E-state index in [0.29, 0.717) is 61.3 Å². The molecule has 0 spiro atoms. The minimum Gasteiger partial charge on any atom is -0.484 e. The van der Waals surface area contributed by atoms with Gasteiger partial charge in [0.2, 0.25) is 0 Å². The van der Waals surface area contributed by atoms with Crippen molar-refractivity contribution in [2.24, 2.45) is 0 Å². The number of likely N-dealkylation sites (N-methyl/N-ethyl adjacent to an activating group) is 1. The largest absolute Gasteiger partial charge is 0.484 e. The Kier molecular flexibility index (Phi) is 9.37. The summed E-state index contributed by atoms with van der Waals surface area (Å²) in [5, 5.41) is 2.83. The van der Waals surface area contributed by atoms with E-state index < -0.39 is 15.9 Å². The number of hydrogen-bond acceptors (Lipinski definition) is 7. The summed E-state index contributed by atoms with van der Waals surface area (Å²) in [6.45, 7) is 1.56. The standard InChI is InChI=1S/C33H36N4O5S/c1-36(2)18-17-35-33(39)25-10-6-11-26(20-25)43(40,41)22-29-27-12-7-13-30(38)28(27)14-15-31(29)42-32(21-37-19-16-34-23-37)24-8-4-3-5-9-24/h3-6,8-11,14-16,19-20,23,32H,7,12-13,17-18,21-22H2,1-2H3,(H,35,39)/t32-/m1/s1. The second kappa shape index (κ2) is 13.4. The van der Waals surface area contributed by atoms with Crippen molar-refractivity contribution in [3.8, 4) is 5.75 Å². The number of Topliss-reactive ketones (excluding diaryl/α,β-unsaturated/α-hetero) is 1. The number of carbonyl (C=O) groups is 2. The summed E-state index contributed by atoms with van der Waals surface area (Å²) in [4.78, 5) is 31.7. The number of aromatic nitrogens is 2. The van der Waals surface area contributed by atoms with Gasteiger partial charge in [0.25, 0.3) is 5.91 Å². The van der Waals surface area contributed by atoms with Crippen LogP contribution in [0.25, 0.3) is 0 Å². The molecule has 5 rings (SSSR count). The quantitative estimate of drug-likeness (QED) is 0.255. The van der Waals surface area contributed by atoms with Gasteiger partial charge in [0.15, 0.2) is 15.6 Å². The van der Waals surface area contributed by atoms with Gasteiger partial charge in [0.05, 0.1) is 23.5 Å². The SMILES string of the molecule is CN(C)CCNC(=O)c1cccc(S(=O)(=O)Cc2c(O[C@H](Cn3ccnc3)c3ccccc3)ccc3c2CCCC3=O)c1. The van der Waals surface area contributed by atoms with Gasteiger partial charge >= 0.3 is 0 Å². The number of carbonyl (C=O) groups excluding carboxylic acids is 2. The molecule has 1 aliphatic rings. The topological polar surface area (TPSA) is 111 Å². The molecule has 1 N–H and O–H groups in total. The number of nitrogens with one attached hydrogen (secondary N) is 1. The molecule has 0 saturated carbocycles. The Morgan fingerprint density at radius 3 is 2.63 bits per heavy atom. The van der Waals surface area contributed by atoms with Crippen molar-refractivity contribution >= 4 is 21.5 Å². The fraction of sp³-hybridized carbons (Fsp3) is 0.303. The minimum atomic E-state index is -3.92. The van der Waals surface area contributed by atoms with Crippen LogP contribution in [0.3, 0.4) is 0 Å². The van der Waals surface area contributed by atoms with Crippen molar-refractivity contribution in [1.82, 2.24) is 19.8 Å². The van der Waals surface area contributed by atoms with Gasteiger partial charge in [-0.15, -0.1) is 0 Å². The second-order valence-electron chi connectivity index (χ2n) is 11.0. The van der Waals surface area contributed by atoms with Crippen molar-refractivity contribution in [2.75, 3.05) is 27.2 Å². The van der Waals surface area contributed by atoms with Crippen LogP contribution in [0.2, 0.25) is 0 Å². The molecular weight excluding hydrogens is 564 g/mol. The zero-order chi connectivity index (χ0) is 30.4. The summed E-state index contributed by atoms with van der Waals surface area (Å²) in [5.41, 5.74) is 2.93. The first kappa shape index (κ1) is 30.2. The van der Waals surface area contributed by atoms with Gasteiger partial charge in [-0.3, -0.25) is 9.59 Å². The summed E-state index contributed by atoms with van der Waals surface area (Å²) >= 11 is 0. The maximum atomic E-state index is 13.9. The van der Waals surface area contributed by atoms with E-state index in [0.717, 1.165) is 5.56 Å². The Hall–Kier alpha value is -4.28. The molecule has 0 aliphatic heterocycles. The number of hydrogen-bond donors (Lipinski definition) is 1. The van der Waals surface area contributed by atoms with Crippen LogP contribution in [0.1, 0.15) is 56.4 Å². The van der Waals surface area contributed by atoms with Gasteiger partial charge in [-0.05, 0) is 68.4 Å². The Bertz CT molecular complexity index is 1690. The third-order valence-electron chi connectivity index (χ3n) is 7.53. The van der Waals surface area contributed by atoms with Crippen LogP contribution in [0.4, 0.5) is 0 Å². The Morgan fingerprint density at radius 2 is 1.88 bits per heavy atom. The molecule has 0 saturated heterocycles. The molecule has 9 nitrogen and oxygen atoms in total. The van der Waals surface area contributed by atoms with Crippen LogP contribution in [0.15, 0.2) is 90.3 Å². The van der Waals surface area contributed by atoms with Gasteiger partial charge in [-0.2, -0.15) is 0 Å². The number of ketones is 1. The van der Waals surface area contributed by atoms with Crippen molar-refractivity contribution in [1.29, 1.82) is 0 Å². The highest BCUT2D eigenvalue weighted by Crippen LogP contribution is 2.36. The van der Waals surface area contributed by atoms with Crippen molar-refractivity contribution in [3.63, 3.8) is 0 Å². The molecular formula is C33H36N4O5S. The molecule has 0 radical (unpaired) electrons. The first-order valence-corrected chi connectivity index (χ1v) is 16.0. The third kappa shape index (κ3) is 7.39. The summed E-state index contributed by atoms with van der Waals surface area (Å²) in [7, 11) is -0.102. The fourth-order valence-electron chi connectivity index (χ4n) is 5.26. The lowest BCUT2D eigenvalue weighted by Crippen LogP contribution is -2.31. The summed E-state index contributed by atoms with van der Waals surface area (Å²) < 4.78 is 36.4. The monoisotopic (exact) mass is 600 g/mol. The Balaban J connectivity index is 1.49. The number of rotatable bonds is 12. The van der Waals surface area contributed by atoms with E-state index in [9.17, 15) is 18.0 Å². The molecule has 1 aliphatic carbocycles. The molecule has 1 atom stereocenters. The van der Waals surface area contributed by atoms with E-state index in [1.807, 2.05) is 60.1 Å². The first-order chi connectivity index (χ1) is 20.7. The normalized spacial score (nSPS) is 13.9. The maximum absolute atomic E-state index is 13.9. The molecule has 0 fully saturated rings. The molecule has 0 unspecified atom stereocenters. The fourth-order valence-corrected chi connectivity index (χ4v) is 6.72. The van der Waals surface area contributed by atoms with Crippen LogP contribution < -0.4 is 10.1 Å². The maximum Gasteiger partial charge on any atom is 0.251 e. The first-order valence-electron chi connectivity index (χ1n) is 14.3. The average molecular weight is 601 g/mol. The van der Waals surface area contributed by atoms with Crippen molar-refractivity contribution < 1.29 is 22.7 Å². The van der Waals surface area contributed by atoms with E-state index in [1.165, 1.54) is 12.1 Å². The molecule has 0 bridgehead atoms. The smallest absolute Gasteiger partial charge is 0.251 e. The van der Waals surface area contributed by atoms with Gasteiger partial charge < -0.3 is 19.5 Å². The molecule has 224 valence electrons. The molecule has 43 heavy (non-hydrogen) atoms. The van der Waals surface area contributed by atoms with E-state index in [1.54, 1.807) is 36.8 Å². The second-order valence-corrected chi connectivity index (χ2v) is 13.0. The molecule has 4 aromatic rings. The predicted octanol–water partition coefficient (Wildman–Crippen LogP) is 4.49. The molecule has 1 amide bonds. The van der Waals surface area contributed by atoms with Crippen molar-refractivity contribution in [2.45, 2.75) is 42.6 Å². The lowest BCUT2D eigenvalue weighted by atomic mass is 9.87. The van der Waals surface area contributed by atoms with Crippen LogP contribution >= 0.6 is 0 Å². The number of amides is 1. The van der Waals surface area contributed by atoms with Crippen LogP contribution in [0, 0.1) is 0 Å². The summed E-state index contributed by atoms with van der Waals surface area (Å²) in [5.74, 6) is -0.280. The number of fused-ring (bicyclic) bond motifs is 1. The van der Waals surface area contributed by atoms with Crippen molar-refractivity contribution in [3.05, 3.63) is 113 Å². The summed E-state index contributed by atoms with van der Waals surface area (Å²) in [6.07, 6.45) is 6.46. The molecule has 10 heteroatoms. The number of benzene rings is 3. The van der Waals surface area contributed by atoms with Crippen LogP contribution in [0.5, 0.6) is 5.75 Å². The predicted molar refractivity (Wildman–Crippen MR) is 164 cm³/mol. The van der Waals surface area contributed by atoms with E-state index >= 15 is 0 Å². The highest BCUT2D eigenvalue weighted by atomic mass is 32.2. The van der Waals surface area contributed by atoms with Gasteiger partial charge in [-0.25, -0.2) is 13.4 Å². The van der Waals surface area contributed by atoms with Gasteiger partial charge in [-0.1, -0.05) is 36.4 Å². The zero-order valence-corrected chi connectivity index (χ0v) is 25.2. The lowest BCUT2D eigenvalue weighted by molar-refractivity contribution is 0.0948. The Morgan fingerprint density at radius 1 is 1.07 bits per heavy atom. The molecule has 1 aromatic heterocycles. The lowest BCUT2D eigenvalue weighted by Gasteiger charge is -2.26.